The Balaban J connectivity index is 2.22. The van der Waals surface area contributed by atoms with Gasteiger partial charge >= 0.3 is 5.97 Å². The minimum absolute atomic E-state index is 0.0805. The third-order valence-electron chi connectivity index (χ3n) is 7.31. The topological polar surface area (TPSA) is 44.8 Å². The van der Waals surface area contributed by atoms with Crippen LogP contribution in [0.4, 0.5) is 0 Å². The monoisotopic (exact) mass is 400 g/mol. The Hall–Kier alpha value is -0.176. The molecule has 1 saturated heterocycles. The van der Waals surface area contributed by atoms with E-state index in [-0.39, 0.29) is 40.1 Å². The molecule has 0 N–H and O–H groups in total. The predicted molar refractivity (Wildman–Crippen MR) is 111 cm³/mol. The van der Waals surface area contributed by atoms with E-state index in [1.54, 1.807) is 0 Å². The zero-order valence-corrected chi connectivity index (χ0v) is 20.6. The molecule has 2 fully saturated rings. The number of hydrogen-bond donors (Lipinski definition) is 0. The van der Waals surface area contributed by atoms with Crippen LogP contribution in [0.5, 0.6) is 0 Å². The third-order valence-corrected chi connectivity index (χ3v) is 16.3. The van der Waals surface area contributed by atoms with E-state index in [0.29, 0.717) is 13.0 Å². The number of fused-ring (bicyclic) bond motifs is 1. The van der Waals surface area contributed by atoms with Crippen LogP contribution in [0.15, 0.2) is 0 Å². The highest BCUT2D eigenvalue weighted by Gasteiger charge is 2.53. The molecule has 152 valence electrons. The van der Waals surface area contributed by atoms with Crippen LogP contribution >= 0.6 is 0 Å². The molecule has 0 aromatic heterocycles. The van der Waals surface area contributed by atoms with Crippen LogP contribution in [0.25, 0.3) is 0 Å². The van der Waals surface area contributed by atoms with E-state index in [4.69, 9.17) is 13.6 Å². The summed E-state index contributed by atoms with van der Waals surface area (Å²) in [6.07, 6.45) is 1.62. The highest BCUT2D eigenvalue weighted by atomic mass is 28.4. The van der Waals surface area contributed by atoms with Crippen molar-refractivity contribution in [3.05, 3.63) is 0 Å². The van der Waals surface area contributed by atoms with Gasteiger partial charge in [-0.05, 0) is 42.7 Å². The summed E-state index contributed by atoms with van der Waals surface area (Å²) >= 11 is 0. The van der Waals surface area contributed by atoms with Gasteiger partial charge in [-0.3, -0.25) is 4.79 Å². The van der Waals surface area contributed by atoms with E-state index in [1.807, 2.05) is 0 Å². The van der Waals surface area contributed by atoms with E-state index < -0.39 is 16.6 Å². The number of carbonyl (C=O) groups excluding carboxylic acids is 1. The predicted octanol–water partition coefficient (Wildman–Crippen LogP) is 5.35. The van der Waals surface area contributed by atoms with Crippen molar-refractivity contribution in [1.82, 2.24) is 0 Å². The second-order valence-corrected chi connectivity index (χ2v) is 20.8. The molecule has 1 aliphatic carbocycles. The average molecular weight is 401 g/mol. The molecule has 0 spiro atoms. The van der Waals surface area contributed by atoms with Crippen LogP contribution in [0.2, 0.25) is 36.3 Å². The van der Waals surface area contributed by atoms with Crippen LogP contribution in [-0.4, -0.2) is 41.4 Å². The molecule has 4 nitrogen and oxygen atoms in total. The summed E-state index contributed by atoms with van der Waals surface area (Å²) in [4.78, 5) is 12.0. The molecule has 1 saturated carbocycles. The van der Waals surface area contributed by atoms with Gasteiger partial charge in [0.2, 0.25) is 0 Å². The van der Waals surface area contributed by atoms with Gasteiger partial charge in [-0.2, -0.15) is 0 Å². The van der Waals surface area contributed by atoms with E-state index in [2.05, 4.69) is 67.7 Å². The summed E-state index contributed by atoms with van der Waals surface area (Å²) in [6.45, 7) is 23.3. The molecule has 0 unspecified atom stereocenters. The van der Waals surface area contributed by atoms with E-state index in [9.17, 15) is 4.79 Å². The normalized spacial score (nSPS) is 30.9. The van der Waals surface area contributed by atoms with E-state index in [0.717, 1.165) is 6.42 Å². The smallest absolute Gasteiger partial charge is 0.306 e. The highest BCUT2D eigenvalue weighted by molar-refractivity contribution is 6.74. The average Bonchev–Trinajstić information content (AvgIpc) is 2.72. The number of cyclic esters (lactones) is 1. The Labute approximate surface area is 162 Å². The zero-order valence-electron chi connectivity index (χ0n) is 18.6. The van der Waals surface area contributed by atoms with Crippen molar-refractivity contribution in [2.24, 2.45) is 11.8 Å². The molecule has 6 heteroatoms. The maximum absolute atomic E-state index is 12.0. The quantitative estimate of drug-likeness (QED) is 0.471. The van der Waals surface area contributed by atoms with Gasteiger partial charge in [0.1, 0.15) is 0 Å². The molecule has 2 rings (SSSR count). The van der Waals surface area contributed by atoms with Crippen molar-refractivity contribution in [3.63, 3.8) is 0 Å². The SMILES string of the molecule is CC(C)(C)[Si](C)(C)O[C@H]1C[C@@H](O[Si](C)(C)C(C)(C)C)[C@@H]2COC(=O)C[C@@H]21. The van der Waals surface area contributed by atoms with Crippen molar-refractivity contribution >= 4 is 22.6 Å². The fraction of sp³-hybridized carbons (Fsp3) is 0.950. The fourth-order valence-corrected chi connectivity index (χ4v) is 6.23. The summed E-state index contributed by atoms with van der Waals surface area (Å²) in [5.74, 6) is 0.430. The first kappa shape index (κ1) is 22.1. The summed E-state index contributed by atoms with van der Waals surface area (Å²) in [5, 5.41) is 0.336. The Morgan fingerprint density at radius 2 is 1.27 bits per heavy atom. The summed E-state index contributed by atoms with van der Waals surface area (Å²) < 4.78 is 19.0. The van der Waals surface area contributed by atoms with Crippen molar-refractivity contribution < 1.29 is 18.4 Å². The molecule has 0 radical (unpaired) electrons. The van der Waals surface area contributed by atoms with Gasteiger partial charge in [0.15, 0.2) is 16.6 Å². The molecule has 0 amide bonds. The molecule has 4 atom stereocenters. The molecule has 1 heterocycles. The van der Waals surface area contributed by atoms with Crippen LogP contribution in [0.3, 0.4) is 0 Å². The van der Waals surface area contributed by atoms with Gasteiger partial charge in [0, 0.05) is 11.8 Å². The van der Waals surface area contributed by atoms with Crippen LogP contribution < -0.4 is 0 Å². The second-order valence-electron chi connectivity index (χ2n) is 11.3. The van der Waals surface area contributed by atoms with Gasteiger partial charge in [-0.1, -0.05) is 41.5 Å². The Bertz CT molecular complexity index is 531. The molecular weight excluding hydrogens is 360 g/mol. The van der Waals surface area contributed by atoms with Crippen LogP contribution in [-0.2, 0) is 18.4 Å². The third kappa shape index (κ3) is 4.45. The van der Waals surface area contributed by atoms with E-state index in [1.165, 1.54) is 0 Å². The molecule has 0 aromatic rings. The Morgan fingerprint density at radius 1 is 0.846 bits per heavy atom. The molecule has 26 heavy (non-hydrogen) atoms. The van der Waals surface area contributed by atoms with Gasteiger partial charge in [0.25, 0.3) is 0 Å². The van der Waals surface area contributed by atoms with Crippen molar-refractivity contribution in [3.8, 4) is 0 Å². The van der Waals surface area contributed by atoms with Gasteiger partial charge < -0.3 is 13.6 Å². The summed E-state index contributed by atoms with van der Waals surface area (Å²) in [7, 11) is -3.76. The maximum Gasteiger partial charge on any atom is 0.306 e. The lowest BCUT2D eigenvalue weighted by Crippen LogP contribution is -2.47. The largest absolute Gasteiger partial charge is 0.465 e. The maximum atomic E-state index is 12.0. The first-order chi connectivity index (χ1) is 11.6. The number of ether oxygens (including phenoxy) is 1. The Morgan fingerprint density at radius 3 is 1.69 bits per heavy atom. The molecule has 2 aliphatic rings. The lowest BCUT2D eigenvalue weighted by molar-refractivity contribution is -0.155. The lowest BCUT2D eigenvalue weighted by Gasteiger charge is -2.41. The summed E-state index contributed by atoms with van der Waals surface area (Å²) in [6, 6.07) is 0. The zero-order chi connectivity index (χ0) is 20.1. The van der Waals surface area contributed by atoms with Crippen molar-refractivity contribution in [2.45, 2.75) is 103 Å². The minimum Gasteiger partial charge on any atom is -0.465 e. The second kappa shape index (κ2) is 7.01. The number of hydrogen-bond acceptors (Lipinski definition) is 4. The minimum atomic E-state index is -1.89. The highest BCUT2D eigenvalue weighted by Crippen LogP contribution is 2.48. The van der Waals surface area contributed by atoms with Crippen LogP contribution in [0.1, 0.15) is 54.4 Å². The van der Waals surface area contributed by atoms with E-state index >= 15 is 0 Å². The number of rotatable bonds is 4. The van der Waals surface area contributed by atoms with Gasteiger partial charge in [-0.15, -0.1) is 0 Å². The molecule has 1 aliphatic heterocycles. The lowest BCUT2D eigenvalue weighted by atomic mass is 9.89. The van der Waals surface area contributed by atoms with Gasteiger partial charge in [-0.25, -0.2) is 0 Å². The standard InChI is InChI=1S/C20H40O4Si2/c1-19(2,3)25(7,8)23-16-12-17(24-26(9,10)20(4,5)6)15-13-22-18(21)11-14(15)16/h14-17H,11-13H2,1-10H3/t14-,15+,16-,17+/m0/s1. The number of esters is 1. The number of carbonyl (C=O) groups is 1. The van der Waals surface area contributed by atoms with Gasteiger partial charge in [0.05, 0.1) is 25.2 Å². The summed E-state index contributed by atoms with van der Waals surface area (Å²) in [5.41, 5.74) is 0. The first-order valence-electron chi connectivity index (χ1n) is 10.1. The van der Waals surface area contributed by atoms with Crippen LogP contribution in [0, 0.1) is 11.8 Å². The first-order valence-corrected chi connectivity index (χ1v) is 15.9. The molecular formula is C20H40O4Si2. The fourth-order valence-electron chi connectivity index (χ4n) is 3.47. The molecule has 0 bridgehead atoms. The molecule has 0 aromatic carbocycles. The van der Waals surface area contributed by atoms with Crippen molar-refractivity contribution in [2.75, 3.05) is 6.61 Å². The Kier molecular flexibility index (Phi) is 5.97. The van der Waals surface area contributed by atoms with Crippen molar-refractivity contribution in [1.29, 1.82) is 0 Å².